The Morgan fingerprint density at radius 1 is 0.973 bits per heavy atom. The van der Waals surface area contributed by atoms with Crippen molar-refractivity contribution in [1.82, 2.24) is 4.90 Å². The van der Waals surface area contributed by atoms with E-state index in [2.05, 4.69) is 0 Å². The van der Waals surface area contributed by atoms with Gasteiger partial charge in [0.2, 0.25) is 5.91 Å². The number of hydrogen-bond acceptors (Lipinski definition) is 4. The SMILES string of the molecule is CC(=O)N(C)C[C@@H]1Cc2ccc(CC(=O)c3c(Cl)cccc3Cl)cc2C(S(=O)(=O)c2cccc(Cl)c2)C1. The van der Waals surface area contributed by atoms with Crippen LogP contribution in [0.3, 0.4) is 0 Å². The summed E-state index contributed by atoms with van der Waals surface area (Å²) in [6.07, 6.45) is 0.990. The largest absolute Gasteiger partial charge is 0.346 e. The molecule has 0 fully saturated rings. The second-order valence-electron chi connectivity index (χ2n) is 9.43. The Labute approximate surface area is 232 Å². The molecule has 2 atom stereocenters. The van der Waals surface area contributed by atoms with E-state index >= 15 is 0 Å². The minimum Gasteiger partial charge on any atom is -0.346 e. The monoisotopic (exact) mass is 577 g/mol. The molecule has 1 amide bonds. The summed E-state index contributed by atoms with van der Waals surface area (Å²) < 4.78 is 27.7. The first-order valence-electron chi connectivity index (χ1n) is 11.8. The van der Waals surface area contributed by atoms with Crippen molar-refractivity contribution in [3.05, 3.63) is 98.0 Å². The average Bonchev–Trinajstić information content (AvgIpc) is 2.83. The lowest BCUT2D eigenvalue weighted by molar-refractivity contribution is -0.128. The highest BCUT2D eigenvalue weighted by Gasteiger charge is 2.37. The quantitative estimate of drug-likeness (QED) is 0.295. The number of nitrogens with zero attached hydrogens (tertiary/aromatic N) is 1. The molecule has 5 nitrogen and oxygen atoms in total. The fourth-order valence-corrected chi connectivity index (χ4v) is 7.69. The van der Waals surface area contributed by atoms with Gasteiger partial charge >= 0.3 is 0 Å². The van der Waals surface area contributed by atoms with Crippen molar-refractivity contribution in [2.24, 2.45) is 5.92 Å². The van der Waals surface area contributed by atoms with E-state index in [4.69, 9.17) is 34.8 Å². The van der Waals surface area contributed by atoms with Crippen LogP contribution in [0, 0.1) is 5.92 Å². The van der Waals surface area contributed by atoms with Crippen LogP contribution >= 0.6 is 34.8 Å². The summed E-state index contributed by atoms with van der Waals surface area (Å²) in [5.41, 5.74) is 2.47. The van der Waals surface area contributed by atoms with Crippen molar-refractivity contribution in [2.75, 3.05) is 13.6 Å². The first-order chi connectivity index (χ1) is 17.5. The second kappa shape index (κ2) is 11.2. The van der Waals surface area contributed by atoms with Crippen LogP contribution in [0.4, 0.5) is 0 Å². The van der Waals surface area contributed by atoms with Crippen molar-refractivity contribution in [1.29, 1.82) is 0 Å². The Hall–Kier alpha value is -2.38. The van der Waals surface area contributed by atoms with E-state index in [1.165, 1.54) is 13.0 Å². The molecule has 0 radical (unpaired) electrons. The van der Waals surface area contributed by atoms with E-state index in [-0.39, 0.29) is 44.5 Å². The van der Waals surface area contributed by atoms with Gasteiger partial charge in [-0.1, -0.05) is 65.1 Å². The number of sulfone groups is 1. The number of ketones is 1. The van der Waals surface area contributed by atoms with Crippen molar-refractivity contribution in [3.8, 4) is 0 Å². The highest BCUT2D eigenvalue weighted by molar-refractivity contribution is 7.91. The van der Waals surface area contributed by atoms with Gasteiger partial charge in [-0.15, -0.1) is 0 Å². The van der Waals surface area contributed by atoms with Crippen LogP contribution in [-0.4, -0.2) is 38.6 Å². The number of carbonyl (C=O) groups excluding carboxylic acids is 2. The Balaban J connectivity index is 1.73. The van der Waals surface area contributed by atoms with E-state index in [1.807, 2.05) is 12.1 Å². The van der Waals surface area contributed by atoms with Gasteiger partial charge in [0.1, 0.15) is 0 Å². The molecule has 1 aliphatic carbocycles. The Morgan fingerprint density at radius 3 is 2.30 bits per heavy atom. The lowest BCUT2D eigenvalue weighted by Gasteiger charge is -2.34. The van der Waals surface area contributed by atoms with Crippen molar-refractivity contribution < 1.29 is 18.0 Å². The van der Waals surface area contributed by atoms with Crippen LogP contribution in [0.1, 0.15) is 45.6 Å². The first kappa shape index (κ1) is 27.6. The molecule has 0 N–H and O–H groups in total. The standard InChI is InChI=1S/C28H26Cl3NO4S/c1-17(33)32(2)16-19-11-20-10-9-18(13-26(34)28-24(30)7-4-8-25(28)31)12-23(20)27(14-19)37(35,36)22-6-3-5-21(29)15-22/h3-10,12,15,19,27H,11,13-14,16H2,1-2H3/t19-,27?/m1/s1. The molecule has 3 aromatic carbocycles. The first-order valence-corrected chi connectivity index (χ1v) is 14.5. The van der Waals surface area contributed by atoms with Crippen molar-refractivity contribution >= 4 is 56.3 Å². The van der Waals surface area contributed by atoms with Gasteiger partial charge in [-0.25, -0.2) is 8.42 Å². The number of rotatable bonds is 7. The predicted octanol–water partition coefficient (Wildman–Crippen LogP) is 6.63. The lowest BCUT2D eigenvalue weighted by Crippen LogP contribution is -2.35. The van der Waals surface area contributed by atoms with Crippen molar-refractivity contribution in [2.45, 2.75) is 36.3 Å². The van der Waals surface area contributed by atoms with Gasteiger partial charge in [0.05, 0.1) is 25.8 Å². The van der Waals surface area contributed by atoms with Crippen molar-refractivity contribution in [3.63, 3.8) is 0 Å². The third kappa shape index (κ3) is 6.04. The molecular formula is C28H26Cl3NO4S. The summed E-state index contributed by atoms with van der Waals surface area (Å²) in [4.78, 5) is 26.7. The third-order valence-electron chi connectivity index (χ3n) is 6.79. The molecule has 1 aliphatic rings. The Kier molecular flexibility index (Phi) is 8.34. The van der Waals surface area contributed by atoms with Gasteiger partial charge < -0.3 is 4.90 Å². The van der Waals surface area contributed by atoms with Crippen LogP contribution in [0.5, 0.6) is 0 Å². The smallest absolute Gasteiger partial charge is 0.219 e. The molecule has 0 heterocycles. The molecule has 9 heteroatoms. The molecule has 0 aromatic heterocycles. The fraction of sp³-hybridized carbons (Fsp3) is 0.286. The molecule has 0 bridgehead atoms. The molecular weight excluding hydrogens is 553 g/mol. The van der Waals surface area contributed by atoms with E-state index in [0.717, 1.165) is 5.56 Å². The molecule has 37 heavy (non-hydrogen) atoms. The molecule has 0 saturated heterocycles. The van der Waals surface area contributed by atoms with E-state index in [1.54, 1.807) is 54.4 Å². The number of fused-ring (bicyclic) bond motifs is 1. The topological polar surface area (TPSA) is 71.5 Å². The molecule has 0 saturated carbocycles. The van der Waals surface area contributed by atoms with Gasteiger partial charge in [-0.2, -0.15) is 0 Å². The van der Waals surface area contributed by atoms with Crippen LogP contribution < -0.4 is 0 Å². The zero-order valence-electron chi connectivity index (χ0n) is 20.4. The number of hydrogen-bond donors (Lipinski definition) is 0. The molecule has 0 spiro atoms. The molecule has 4 rings (SSSR count). The summed E-state index contributed by atoms with van der Waals surface area (Å²) in [5.74, 6) is -0.372. The van der Waals surface area contributed by atoms with Crippen LogP contribution in [0.15, 0.2) is 65.6 Å². The molecule has 1 unspecified atom stereocenters. The number of halogens is 3. The Bertz CT molecular complexity index is 1450. The lowest BCUT2D eigenvalue weighted by atomic mass is 9.82. The highest BCUT2D eigenvalue weighted by Crippen LogP contribution is 2.42. The summed E-state index contributed by atoms with van der Waals surface area (Å²) in [6.45, 7) is 1.94. The van der Waals surface area contributed by atoms with E-state index in [9.17, 15) is 18.0 Å². The highest BCUT2D eigenvalue weighted by atomic mass is 35.5. The fourth-order valence-electron chi connectivity index (χ4n) is 4.86. The summed E-state index contributed by atoms with van der Waals surface area (Å²) in [5, 5.41) is 0.0311. The van der Waals surface area contributed by atoms with Gasteiger partial charge in [0, 0.05) is 32.0 Å². The van der Waals surface area contributed by atoms with E-state index in [0.29, 0.717) is 35.5 Å². The zero-order chi connectivity index (χ0) is 26.9. The third-order valence-corrected chi connectivity index (χ3v) is 9.76. The number of Topliss-reactive ketones (excluding diaryl/α,β-unsaturated/α-hetero) is 1. The van der Waals surface area contributed by atoms with Gasteiger partial charge in [0.15, 0.2) is 15.6 Å². The summed E-state index contributed by atoms with van der Waals surface area (Å²) >= 11 is 18.6. The zero-order valence-corrected chi connectivity index (χ0v) is 23.5. The van der Waals surface area contributed by atoms with E-state index < -0.39 is 15.1 Å². The number of amides is 1. The minimum absolute atomic E-state index is 0.0250. The normalized spacial score (nSPS) is 17.2. The minimum atomic E-state index is -3.81. The second-order valence-corrected chi connectivity index (χ2v) is 12.8. The number of benzene rings is 3. The van der Waals surface area contributed by atoms with Gasteiger partial charge in [-0.3, -0.25) is 9.59 Å². The maximum absolute atomic E-state index is 13.9. The van der Waals surface area contributed by atoms with Gasteiger partial charge in [-0.05, 0) is 65.8 Å². The van der Waals surface area contributed by atoms with Crippen LogP contribution in [0.25, 0.3) is 0 Å². The molecule has 194 valence electrons. The van der Waals surface area contributed by atoms with Crippen LogP contribution in [-0.2, 0) is 27.5 Å². The van der Waals surface area contributed by atoms with Crippen LogP contribution in [0.2, 0.25) is 15.1 Å². The summed E-state index contributed by atoms with van der Waals surface area (Å²) in [7, 11) is -2.10. The molecule has 3 aromatic rings. The average molecular weight is 579 g/mol. The number of carbonyl (C=O) groups is 2. The molecule has 0 aliphatic heterocycles. The predicted molar refractivity (Wildman–Crippen MR) is 147 cm³/mol. The summed E-state index contributed by atoms with van der Waals surface area (Å²) in [6, 6.07) is 16.6. The maximum Gasteiger partial charge on any atom is 0.219 e. The maximum atomic E-state index is 13.9. The Morgan fingerprint density at radius 2 is 1.65 bits per heavy atom. The van der Waals surface area contributed by atoms with Gasteiger partial charge in [0.25, 0.3) is 0 Å².